The number of rotatable bonds is 1. The molecule has 0 aliphatic heterocycles. The van der Waals surface area contributed by atoms with Gasteiger partial charge in [-0.1, -0.05) is 17.6 Å². The van der Waals surface area contributed by atoms with Gasteiger partial charge < -0.3 is 4.90 Å². The van der Waals surface area contributed by atoms with E-state index in [4.69, 9.17) is 0 Å². The monoisotopic (exact) mass is 189 g/mol. The molecule has 1 amide bonds. The molecule has 0 saturated heterocycles. The van der Waals surface area contributed by atoms with E-state index in [1.807, 2.05) is 20.9 Å². The van der Waals surface area contributed by atoms with Crippen LogP contribution in [0.2, 0.25) is 0 Å². The molecule has 1 aromatic rings. The molecule has 0 fully saturated rings. The summed E-state index contributed by atoms with van der Waals surface area (Å²) < 4.78 is 0. The molecule has 0 spiro atoms. The first-order valence-corrected chi connectivity index (χ1v) is 4.75. The van der Waals surface area contributed by atoms with Gasteiger partial charge in [0.1, 0.15) is 7.85 Å². The molecule has 0 heterocycles. The van der Waals surface area contributed by atoms with Crippen LogP contribution in [0.5, 0.6) is 0 Å². The van der Waals surface area contributed by atoms with E-state index in [2.05, 4.69) is 20.0 Å². The summed E-state index contributed by atoms with van der Waals surface area (Å²) >= 11 is 0. The number of carbonyl (C=O) groups excluding carboxylic acids is 1. The predicted molar refractivity (Wildman–Crippen MR) is 63.2 cm³/mol. The molecule has 0 radical (unpaired) electrons. The zero-order chi connectivity index (χ0) is 10.9. The number of hydrogen-bond acceptors (Lipinski definition) is 1. The molecule has 0 aliphatic rings. The maximum absolute atomic E-state index is 11.3. The van der Waals surface area contributed by atoms with E-state index < -0.39 is 0 Å². The van der Waals surface area contributed by atoms with Gasteiger partial charge in [-0.3, -0.25) is 4.79 Å². The third kappa shape index (κ3) is 1.98. The van der Waals surface area contributed by atoms with Crippen LogP contribution in [0, 0.1) is 13.8 Å². The first-order valence-electron chi connectivity index (χ1n) is 4.75. The van der Waals surface area contributed by atoms with E-state index in [9.17, 15) is 4.79 Å². The van der Waals surface area contributed by atoms with Gasteiger partial charge >= 0.3 is 0 Å². The summed E-state index contributed by atoms with van der Waals surface area (Å²) in [7, 11) is 3.88. The number of nitrogens with zero attached hydrogens (tertiary/aromatic N) is 1. The fraction of sp³-hybridized carbons (Fsp3) is 0.364. The van der Waals surface area contributed by atoms with E-state index in [0.717, 1.165) is 16.8 Å². The molecule has 0 bridgehead atoms. The van der Waals surface area contributed by atoms with Crippen molar-refractivity contribution in [2.45, 2.75) is 20.8 Å². The average Bonchev–Trinajstić information content (AvgIpc) is 2.01. The third-order valence-corrected chi connectivity index (χ3v) is 2.44. The maximum Gasteiger partial charge on any atom is 0.223 e. The SMILES string of the molecule is Bc1cc(C)c(N(C)C(C)=O)c(C)c1. The van der Waals surface area contributed by atoms with Gasteiger partial charge in [0.05, 0.1) is 0 Å². The van der Waals surface area contributed by atoms with E-state index in [0.29, 0.717) is 0 Å². The Hall–Kier alpha value is -1.25. The highest BCUT2D eigenvalue weighted by atomic mass is 16.2. The quantitative estimate of drug-likeness (QED) is 0.590. The molecular formula is C11H16BNO. The van der Waals surface area contributed by atoms with Crippen molar-refractivity contribution >= 4 is 24.9 Å². The van der Waals surface area contributed by atoms with Gasteiger partial charge in [0, 0.05) is 19.7 Å². The highest BCUT2D eigenvalue weighted by molar-refractivity contribution is 6.32. The number of amides is 1. The maximum atomic E-state index is 11.3. The standard InChI is InChI=1S/C11H16BNO/c1-7-5-10(12)6-8(2)11(7)13(4)9(3)14/h5-6H,12H2,1-4H3. The molecule has 1 rings (SSSR count). The van der Waals surface area contributed by atoms with Crippen LogP contribution in [0.25, 0.3) is 0 Å². The lowest BCUT2D eigenvalue weighted by molar-refractivity contribution is -0.116. The number of carbonyl (C=O) groups is 1. The smallest absolute Gasteiger partial charge is 0.223 e. The van der Waals surface area contributed by atoms with Crippen molar-refractivity contribution in [1.29, 1.82) is 0 Å². The van der Waals surface area contributed by atoms with Crippen molar-refractivity contribution in [1.82, 2.24) is 0 Å². The van der Waals surface area contributed by atoms with Gasteiger partial charge in [-0.05, 0) is 25.0 Å². The fourth-order valence-electron chi connectivity index (χ4n) is 1.86. The van der Waals surface area contributed by atoms with Gasteiger partial charge in [0.25, 0.3) is 0 Å². The molecule has 2 nitrogen and oxygen atoms in total. The van der Waals surface area contributed by atoms with E-state index in [-0.39, 0.29) is 5.91 Å². The van der Waals surface area contributed by atoms with Gasteiger partial charge in [-0.2, -0.15) is 0 Å². The second-order valence-electron chi connectivity index (χ2n) is 3.83. The third-order valence-electron chi connectivity index (χ3n) is 2.44. The normalized spacial score (nSPS) is 10.0. The molecule has 0 aromatic heterocycles. The van der Waals surface area contributed by atoms with Crippen molar-refractivity contribution in [3.05, 3.63) is 23.3 Å². The summed E-state index contributed by atoms with van der Waals surface area (Å²) in [5.41, 5.74) is 4.57. The van der Waals surface area contributed by atoms with Crippen molar-refractivity contribution in [3.8, 4) is 0 Å². The molecule has 0 N–H and O–H groups in total. The number of anilines is 1. The second-order valence-corrected chi connectivity index (χ2v) is 3.83. The molecule has 74 valence electrons. The van der Waals surface area contributed by atoms with Crippen LogP contribution in [0.1, 0.15) is 18.1 Å². The summed E-state index contributed by atoms with van der Waals surface area (Å²) in [6, 6.07) is 4.20. The number of aryl methyl sites for hydroxylation is 2. The summed E-state index contributed by atoms with van der Waals surface area (Å²) in [5.74, 6) is 0.0695. The highest BCUT2D eigenvalue weighted by Gasteiger charge is 2.11. The van der Waals surface area contributed by atoms with Gasteiger partial charge in [0.15, 0.2) is 0 Å². The van der Waals surface area contributed by atoms with Crippen LogP contribution in [0.15, 0.2) is 12.1 Å². The molecular weight excluding hydrogens is 173 g/mol. The van der Waals surface area contributed by atoms with Crippen molar-refractivity contribution in [2.24, 2.45) is 0 Å². The van der Waals surface area contributed by atoms with Gasteiger partial charge in [-0.15, -0.1) is 0 Å². The summed E-state index contributed by atoms with van der Waals surface area (Å²) in [5, 5.41) is 0. The Balaban J connectivity index is 3.27. The van der Waals surface area contributed by atoms with Gasteiger partial charge in [0.2, 0.25) is 5.91 Å². The summed E-state index contributed by atoms with van der Waals surface area (Å²) in [6.45, 7) is 5.66. The summed E-state index contributed by atoms with van der Waals surface area (Å²) in [6.07, 6.45) is 0. The lowest BCUT2D eigenvalue weighted by Crippen LogP contribution is -2.25. The molecule has 3 heteroatoms. The Morgan fingerprint density at radius 3 is 2.07 bits per heavy atom. The van der Waals surface area contributed by atoms with Crippen molar-refractivity contribution in [2.75, 3.05) is 11.9 Å². The van der Waals surface area contributed by atoms with Crippen molar-refractivity contribution in [3.63, 3.8) is 0 Å². The van der Waals surface area contributed by atoms with E-state index in [1.54, 1.807) is 11.8 Å². The number of benzene rings is 1. The number of hydrogen-bond donors (Lipinski definition) is 0. The second kappa shape index (κ2) is 3.87. The van der Waals surface area contributed by atoms with Gasteiger partial charge in [-0.25, -0.2) is 0 Å². The molecule has 0 aliphatic carbocycles. The predicted octanol–water partition coefficient (Wildman–Crippen LogP) is 0.545. The fourth-order valence-corrected chi connectivity index (χ4v) is 1.86. The van der Waals surface area contributed by atoms with Crippen LogP contribution in [0.4, 0.5) is 5.69 Å². The zero-order valence-corrected chi connectivity index (χ0v) is 9.51. The Bertz CT molecular complexity index is 351. The van der Waals surface area contributed by atoms with Crippen LogP contribution < -0.4 is 10.4 Å². The summed E-state index contributed by atoms with van der Waals surface area (Å²) in [4.78, 5) is 13.0. The Labute approximate surface area is 86.3 Å². The minimum absolute atomic E-state index is 0.0695. The average molecular weight is 189 g/mol. The van der Waals surface area contributed by atoms with E-state index >= 15 is 0 Å². The Morgan fingerprint density at radius 1 is 1.29 bits per heavy atom. The largest absolute Gasteiger partial charge is 0.315 e. The van der Waals surface area contributed by atoms with Crippen LogP contribution in [-0.4, -0.2) is 20.8 Å². The van der Waals surface area contributed by atoms with Crippen LogP contribution in [0.3, 0.4) is 0 Å². The lowest BCUT2D eigenvalue weighted by atomic mass is 9.91. The van der Waals surface area contributed by atoms with Crippen LogP contribution in [-0.2, 0) is 4.79 Å². The molecule has 0 saturated carbocycles. The highest BCUT2D eigenvalue weighted by Crippen LogP contribution is 2.22. The van der Waals surface area contributed by atoms with Crippen LogP contribution >= 0.6 is 0 Å². The lowest BCUT2D eigenvalue weighted by Gasteiger charge is -2.20. The first kappa shape index (κ1) is 10.8. The van der Waals surface area contributed by atoms with E-state index in [1.165, 1.54) is 5.46 Å². The Kier molecular flexibility index (Phi) is 2.99. The molecule has 0 atom stereocenters. The molecule has 0 unspecified atom stereocenters. The topological polar surface area (TPSA) is 20.3 Å². The molecule has 14 heavy (non-hydrogen) atoms. The zero-order valence-electron chi connectivity index (χ0n) is 9.51. The Morgan fingerprint density at radius 2 is 1.71 bits per heavy atom. The minimum Gasteiger partial charge on any atom is -0.315 e. The minimum atomic E-state index is 0.0695. The first-order chi connectivity index (χ1) is 6.43. The van der Waals surface area contributed by atoms with Crippen molar-refractivity contribution < 1.29 is 4.79 Å². The molecule has 1 aromatic carbocycles.